The summed E-state index contributed by atoms with van der Waals surface area (Å²) in [5, 5.41) is 4.20. The van der Waals surface area contributed by atoms with Gasteiger partial charge < -0.3 is 4.74 Å². The number of hydrogen-bond acceptors (Lipinski definition) is 7. The molecule has 4 aromatic rings. The summed E-state index contributed by atoms with van der Waals surface area (Å²) in [5.74, 6) is -1.11. The largest absolute Gasteiger partial charge is 0.461 e. The van der Waals surface area contributed by atoms with Gasteiger partial charge in [-0.15, -0.1) is 5.10 Å². The van der Waals surface area contributed by atoms with Crippen molar-refractivity contribution in [1.82, 2.24) is 19.2 Å². The van der Waals surface area contributed by atoms with Crippen LogP contribution in [0.2, 0.25) is 0 Å². The molecule has 3 heterocycles. The summed E-state index contributed by atoms with van der Waals surface area (Å²) in [6, 6.07) is 8.19. The van der Waals surface area contributed by atoms with Crippen LogP contribution >= 0.6 is 24.0 Å². The normalized spacial score (nSPS) is 12.8. The summed E-state index contributed by atoms with van der Waals surface area (Å²) in [5.41, 5.74) is -3.90. The smallest absolute Gasteiger partial charge is 0.428 e. The highest BCUT2D eigenvalue weighted by molar-refractivity contribution is 8.00. The van der Waals surface area contributed by atoms with E-state index in [0.717, 1.165) is 23.0 Å². The monoisotopic (exact) mass is 612 g/mol. The predicted octanol–water partition coefficient (Wildman–Crippen LogP) is 6.56. The molecule has 0 aliphatic carbocycles. The summed E-state index contributed by atoms with van der Waals surface area (Å²) < 4.78 is 121. The molecular formula is C22H15F7N4O3S3. The molecule has 0 saturated heterocycles. The van der Waals surface area contributed by atoms with Gasteiger partial charge in [0.15, 0.2) is 21.3 Å². The summed E-state index contributed by atoms with van der Waals surface area (Å²) in [4.78, 5) is 3.71. The third-order valence-corrected chi connectivity index (χ3v) is 7.98. The fourth-order valence-corrected chi connectivity index (χ4v) is 5.21. The van der Waals surface area contributed by atoms with E-state index in [9.17, 15) is 39.2 Å². The van der Waals surface area contributed by atoms with E-state index in [4.69, 9.17) is 12.2 Å². The zero-order valence-electron chi connectivity index (χ0n) is 19.4. The quantitative estimate of drug-likeness (QED) is 0.127. The van der Waals surface area contributed by atoms with Crippen LogP contribution in [0.15, 0.2) is 64.6 Å². The highest BCUT2D eigenvalue weighted by Crippen LogP contribution is 2.37. The van der Waals surface area contributed by atoms with E-state index >= 15 is 0 Å². The lowest BCUT2D eigenvalue weighted by Gasteiger charge is -2.17. The van der Waals surface area contributed by atoms with E-state index in [2.05, 4.69) is 14.8 Å². The van der Waals surface area contributed by atoms with Crippen molar-refractivity contribution >= 4 is 39.5 Å². The van der Waals surface area contributed by atoms with Crippen molar-refractivity contribution in [3.8, 4) is 22.7 Å². The molecule has 0 aliphatic heterocycles. The Morgan fingerprint density at radius 3 is 2.31 bits per heavy atom. The van der Waals surface area contributed by atoms with Crippen molar-refractivity contribution in [2.75, 3.05) is 5.75 Å². The van der Waals surface area contributed by atoms with Crippen molar-refractivity contribution in [1.29, 1.82) is 0 Å². The molecule has 1 aromatic carbocycles. The number of pyridine rings is 2. The average Bonchev–Trinajstić information content (AvgIpc) is 3.18. The topological polar surface area (TPSA) is 78.5 Å². The molecule has 0 atom stereocenters. The van der Waals surface area contributed by atoms with Crippen molar-refractivity contribution in [3.63, 3.8) is 0 Å². The van der Waals surface area contributed by atoms with Gasteiger partial charge in [0.2, 0.25) is 4.77 Å². The lowest BCUT2D eigenvalue weighted by Crippen LogP contribution is -2.33. The molecule has 3 aromatic heterocycles. The fraction of sp³-hybridized carbons (Fsp3) is 0.227. The van der Waals surface area contributed by atoms with Crippen LogP contribution in [-0.4, -0.2) is 51.4 Å². The standard InChI is InChI=1S/C22H15F7N4O3S3/c1-2-39(34,35)16-9-13(12-3-5-14(6-4-12)36-21(25,26)19(23)24)10-30-18(16)33-20(37)32-11-15(38-22(27,28)29)7-8-17(32)31-33/h3-11,19H,2H2,1H3. The van der Waals surface area contributed by atoms with Crippen LogP contribution in [0, 0.1) is 4.77 Å². The summed E-state index contributed by atoms with van der Waals surface area (Å²) in [7, 11) is -3.97. The van der Waals surface area contributed by atoms with Crippen LogP contribution in [0.4, 0.5) is 30.7 Å². The van der Waals surface area contributed by atoms with Gasteiger partial charge in [-0.3, -0.25) is 4.40 Å². The second-order valence-electron chi connectivity index (χ2n) is 7.77. The lowest BCUT2D eigenvalue weighted by molar-refractivity contribution is -0.253. The number of halogens is 7. The number of fused-ring (bicyclic) bond motifs is 1. The molecule has 17 heteroatoms. The number of ether oxygens (including phenoxy) is 1. The summed E-state index contributed by atoms with van der Waals surface area (Å²) in [6.07, 6.45) is -6.39. The van der Waals surface area contributed by atoms with Gasteiger partial charge in [-0.05, 0) is 59.9 Å². The van der Waals surface area contributed by atoms with Crippen molar-refractivity contribution in [3.05, 3.63) is 59.6 Å². The van der Waals surface area contributed by atoms with E-state index in [-0.39, 0.29) is 49.1 Å². The van der Waals surface area contributed by atoms with Crippen LogP contribution in [0.5, 0.6) is 5.75 Å². The second kappa shape index (κ2) is 10.4. The molecule has 0 radical (unpaired) electrons. The zero-order chi connectivity index (χ0) is 28.8. The minimum atomic E-state index is -4.70. The number of benzene rings is 1. The maximum absolute atomic E-state index is 13.2. The number of nitrogens with zero attached hydrogens (tertiary/aromatic N) is 4. The Labute approximate surface area is 225 Å². The Bertz CT molecular complexity index is 1690. The highest BCUT2D eigenvalue weighted by Gasteiger charge is 2.44. The number of alkyl halides is 7. The van der Waals surface area contributed by atoms with Crippen LogP contribution in [0.1, 0.15) is 6.92 Å². The van der Waals surface area contributed by atoms with E-state index in [1.807, 2.05) is 0 Å². The van der Waals surface area contributed by atoms with Crippen LogP contribution in [-0.2, 0) is 9.84 Å². The molecule has 0 aliphatic rings. The molecule has 0 N–H and O–H groups in total. The van der Waals surface area contributed by atoms with Gasteiger partial charge in [0.05, 0.1) is 5.75 Å². The SMILES string of the molecule is CCS(=O)(=O)c1cc(-c2ccc(OC(F)(F)C(F)F)cc2)cnc1-n1nc2ccc(SC(F)(F)F)cn2c1=S. The molecule has 7 nitrogen and oxygen atoms in total. The maximum Gasteiger partial charge on any atom is 0.461 e. The van der Waals surface area contributed by atoms with Crippen LogP contribution < -0.4 is 4.74 Å². The minimum Gasteiger partial charge on any atom is -0.428 e. The lowest BCUT2D eigenvalue weighted by atomic mass is 10.1. The number of aromatic nitrogens is 4. The number of rotatable bonds is 8. The van der Waals surface area contributed by atoms with Crippen molar-refractivity contribution < 1.29 is 43.9 Å². The number of thioether (sulfide) groups is 1. The van der Waals surface area contributed by atoms with Gasteiger partial charge in [-0.25, -0.2) is 13.4 Å². The Kier molecular flexibility index (Phi) is 7.70. The van der Waals surface area contributed by atoms with Gasteiger partial charge in [0.1, 0.15) is 10.6 Å². The molecule has 4 rings (SSSR count). The molecule has 208 valence electrons. The first-order valence-corrected chi connectivity index (χ1v) is 13.5. The molecule has 0 unspecified atom stereocenters. The van der Waals surface area contributed by atoms with Gasteiger partial charge >= 0.3 is 18.0 Å². The van der Waals surface area contributed by atoms with E-state index < -0.39 is 33.6 Å². The average molecular weight is 613 g/mol. The van der Waals surface area contributed by atoms with E-state index in [1.54, 1.807) is 0 Å². The molecule has 0 spiro atoms. The Hall–Kier alpha value is -3.18. The molecule has 0 fully saturated rings. The Balaban J connectivity index is 1.78. The zero-order valence-corrected chi connectivity index (χ0v) is 21.8. The van der Waals surface area contributed by atoms with Crippen LogP contribution in [0.3, 0.4) is 0 Å². The summed E-state index contributed by atoms with van der Waals surface area (Å²) in [6.45, 7) is 1.38. The molecule has 0 bridgehead atoms. The fourth-order valence-electron chi connectivity index (χ4n) is 3.34. The third-order valence-electron chi connectivity index (χ3n) is 5.17. The number of sulfone groups is 1. The Morgan fingerprint density at radius 2 is 1.72 bits per heavy atom. The van der Waals surface area contributed by atoms with E-state index in [0.29, 0.717) is 5.56 Å². The Morgan fingerprint density at radius 1 is 1.05 bits per heavy atom. The van der Waals surface area contributed by atoms with E-state index in [1.165, 1.54) is 47.9 Å². The predicted molar refractivity (Wildman–Crippen MR) is 130 cm³/mol. The third kappa shape index (κ3) is 6.19. The molecular weight excluding hydrogens is 597 g/mol. The van der Waals surface area contributed by atoms with Gasteiger partial charge in [-0.2, -0.15) is 35.4 Å². The van der Waals surface area contributed by atoms with Gasteiger partial charge in [0.25, 0.3) is 0 Å². The van der Waals surface area contributed by atoms with Gasteiger partial charge in [-0.1, -0.05) is 19.1 Å². The number of hydrogen-bond donors (Lipinski definition) is 0. The first kappa shape index (κ1) is 28.8. The summed E-state index contributed by atoms with van der Waals surface area (Å²) >= 11 is 4.98. The molecule has 0 amide bonds. The van der Waals surface area contributed by atoms with Crippen molar-refractivity contribution in [2.24, 2.45) is 0 Å². The molecule has 0 saturated carbocycles. The van der Waals surface area contributed by atoms with Crippen LogP contribution in [0.25, 0.3) is 22.6 Å². The second-order valence-corrected chi connectivity index (χ2v) is 11.5. The minimum absolute atomic E-state index is 0.133. The first-order valence-electron chi connectivity index (χ1n) is 10.7. The maximum atomic E-state index is 13.2. The van der Waals surface area contributed by atoms with Crippen molar-refractivity contribution in [2.45, 2.75) is 34.8 Å². The highest BCUT2D eigenvalue weighted by atomic mass is 32.2. The first-order chi connectivity index (χ1) is 18.1. The van der Waals surface area contributed by atoms with Gasteiger partial charge in [0, 0.05) is 22.9 Å². The molecule has 39 heavy (non-hydrogen) atoms.